The summed E-state index contributed by atoms with van der Waals surface area (Å²) in [5.41, 5.74) is 2.15. The number of furan rings is 1. The standard InChI is InChI=1S/C24H24N2O5/c1-3-26(15-18-10-5-4-6-11-18)21(27)16-31-24(29)19-12-7-9-17(2)22(19)25-23(28)20-13-8-14-30-20/h4-14H,3,15-16H2,1-2H3,(H,25,28). The molecule has 7 nitrogen and oxygen atoms in total. The van der Waals surface area contributed by atoms with Crippen molar-refractivity contribution in [3.8, 4) is 0 Å². The topological polar surface area (TPSA) is 88.9 Å². The van der Waals surface area contributed by atoms with E-state index in [1.165, 1.54) is 12.3 Å². The predicted octanol–water partition coefficient (Wildman–Crippen LogP) is 4.05. The Kier molecular flexibility index (Phi) is 7.22. The largest absolute Gasteiger partial charge is 0.459 e. The summed E-state index contributed by atoms with van der Waals surface area (Å²) in [6, 6.07) is 17.7. The van der Waals surface area contributed by atoms with Gasteiger partial charge in [0.1, 0.15) is 0 Å². The van der Waals surface area contributed by atoms with Gasteiger partial charge < -0.3 is 19.4 Å². The Balaban J connectivity index is 1.66. The van der Waals surface area contributed by atoms with Gasteiger partial charge in [0.25, 0.3) is 11.8 Å². The van der Waals surface area contributed by atoms with Crippen LogP contribution in [0.4, 0.5) is 5.69 Å². The third-order valence-electron chi connectivity index (χ3n) is 4.75. The Hall–Kier alpha value is -3.87. The summed E-state index contributed by atoms with van der Waals surface area (Å²) in [6.07, 6.45) is 1.39. The highest BCUT2D eigenvalue weighted by Crippen LogP contribution is 2.22. The molecule has 31 heavy (non-hydrogen) atoms. The van der Waals surface area contributed by atoms with E-state index in [0.717, 1.165) is 5.56 Å². The molecular formula is C24H24N2O5. The first-order chi connectivity index (χ1) is 15.0. The van der Waals surface area contributed by atoms with Crippen molar-refractivity contribution in [2.75, 3.05) is 18.5 Å². The number of hydrogen-bond acceptors (Lipinski definition) is 5. The summed E-state index contributed by atoms with van der Waals surface area (Å²) >= 11 is 0. The predicted molar refractivity (Wildman–Crippen MR) is 116 cm³/mol. The molecule has 0 atom stereocenters. The Morgan fingerprint density at radius 3 is 2.45 bits per heavy atom. The van der Waals surface area contributed by atoms with Gasteiger partial charge in [-0.15, -0.1) is 0 Å². The lowest BCUT2D eigenvalue weighted by Gasteiger charge is -2.21. The number of aryl methyl sites for hydroxylation is 1. The third kappa shape index (κ3) is 5.60. The molecule has 0 saturated carbocycles. The van der Waals surface area contributed by atoms with E-state index in [1.54, 1.807) is 36.1 Å². The number of amides is 2. The average molecular weight is 420 g/mol. The van der Waals surface area contributed by atoms with Gasteiger partial charge in [-0.1, -0.05) is 42.5 Å². The molecule has 0 bridgehead atoms. The summed E-state index contributed by atoms with van der Waals surface area (Å²) in [6.45, 7) is 4.16. The van der Waals surface area contributed by atoms with Gasteiger partial charge in [-0.2, -0.15) is 0 Å². The fourth-order valence-corrected chi connectivity index (χ4v) is 3.06. The zero-order chi connectivity index (χ0) is 22.2. The Morgan fingerprint density at radius 1 is 1.00 bits per heavy atom. The van der Waals surface area contributed by atoms with Crippen molar-refractivity contribution in [3.05, 3.63) is 89.4 Å². The highest BCUT2D eigenvalue weighted by molar-refractivity contribution is 6.07. The van der Waals surface area contributed by atoms with Crippen molar-refractivity contribution in [1.82, 2.24) is 4.90 Å². The first-order valence-electron chi connectivity index (χ1n) is 9.93. The number of anilines is 1. The molecule has 0 radical (unpaired) electrons. The molecule has 0 fully saturated rings. The minimum Gasteiger partial charge on any atom is -0.459 e. The number of benzene rings is 2. The molecule has 0 saturated heterocycles. The molecule has 0 aliphatic heterocycles. The van der Waals surface area contributed by atoms with Crippen molar-refractivity contribution in [1.29, 1.82) is 0 Å². The van der Waals surface area contributed by atoms with E-state index in [1.807, 2.05) is 37.3 Å². The number of likely N-dealkylation sites (N-methyl/N-ethyl adjacent to an activating group) is 1. The number of carbonyl (C=O) groups is 3. The lowest BCUT2D eigenvalue weighted by molar-refractivity contribution is -0.134. The van der Waals surface area contributed by atoms with Gasteiger partial charge in [-0.05, 0) is 43.2 Å². The molecule has 2 aromatic carbocycles. The number of para-hydroxylation sites is 1. The van der Waals surface area contributed by atoms with E-state index >= 15 is 0 Å². The molecule has 0 aliphatic carbocycles. The lowest BCUT2D eigenvalue weighted by Crippen LogP contribution is -2.34. The van der Waals surface area contributed by atoms with Gasteiger partial charge in [-0.3, -0.25) is 9.59 Å². The second-order valence-corrected chi connectivity index (χ2v) is 6.90. The molecule has 1 N–H and O–H groups in total. The van der Waals surface area contributed by atoms with Crippen LogP contribution >= 0.6 is 0 Å². The van der Waals surface area contributed by atoms with Crippen LogP contribution in [-0.2, 0) is 16.1 Å². The number of carbonyl (C=O) groups excluding carboxylic acids is 3. The normalized spacial score (nSPS) is 10.4. The van der Waals surface area contributed by atoms with Gasteiger partial charge in [0, 0.05) is 13.1 Å². The molecule has 0 spiro atoms. The first kappa shape index (κ1) is 21.8. The van der Waals surface area contributed by atoms with Crippen LogP contribution in [0.15, 0.2) is 71.3 Å². The van der Waals surface area contributed by atoms with Crippen LogP contribution in [0, 0.1) is 6.92 Å². The summed E-state index contributed by atoms with van der Waals surface area (Å²) in [4.78, 5) is 39.2. The van der Waals surface area contributed by atoms with Gasteiger partial charge in [0.2, 0.25) is 0 Å². The van der Waals surface area contributed by atoms with E-state index in [2.05, 4.69) is 5.32 Å². The molecule has 2 amide bonds. The van der Waals surface area contributed by atoms with Crippen LogP contribution < -0.4 is 5.32 Å². The number of ether oxygens (including phenoxy) is 1. The Morgan fingerprint density at radius 2 is 1.77 bits per heavy atom. The average Bonchev–Trinajstić information content (AvgIpc) is 3.33. The molecule has 1 aromatic heterocycles. The number of nitrogens with one attached hydrogen (secondary N) is 1. The van der Waals surface area contributed by atoms with E-state index in [9.17, 15) is 14.4 Å². The van der Waals surface area contributed by atoms with Crippen molar-refractivity contribution in [3.63, 3.8) is 0 Å². The maximum atomic E-state index is 12.7. The second-order valence-electron chi connectivity index (χ2n) is 6.90. The maximum Gasteiger partial charge on any atom is 0.340 e. The minimum absolute atomic E-state index is 0.122. The summed E-state index contributed by atoms with van der Waals surface area (Å²) in [7, 11) is 0. The first-order valence-corrected chi connectivity index (χ1v) is 9.93. The lowest BCUT2D eigenvalue weighted by atomic mass is 10.1. The van der Waals surface area contributed by atoms with Crippen LogP contribution in [0.1, 0.15) is 39.0 Å². The number of esters is 1. The zero-order valence-corrected chi connectivity index (χ0v) is 17.5. The Labute approximate surface area is 180 Å². The smallest absolute Gasteiger partial charge is 0.340 e. The number of hydrogen-bond donors (Lipinski definition) is 1. The molecule has 1 heterocycles. The second kappa shape index (κ2) is 10.2. The van der Waals surface area contributed by atoms with E-state index < -0.39 is 11.9 Å². The van der Waals surface area contributed by atoms with Crippen molar-refractivity contribution < 1.29 is 23.5 Å². The van der Waals surface area contributed by atoms with Crippen LogP contribution in [-0.4, -0.2) is 35.8 Å². The van der Waals surface area contributed by atoms with Crippen molar-refractivity contribution in [2.24, 2.45) is 0 Å². The molecule has 3 aromatic rings. The van der Waals surface area contributed by atoms with Crippen LogP contribution in [0.3, 0.4) is 0 Å². The summed E-state index contributed by atoms with van der Waals surface area (Å²) in [5.74, 6) is -1.35. The maximum absolute atomic E-state index is 12.7. The van der Waals surface area contributed by atoms with Crippen molar-refractivity contribution in [2.45, 2.75) is 20.4 Å². The van der Waals surface area contributed by atoms with Gasteiger partial charge in [0.05, 0.1) is 17.5 Å². The molecular weight excluding hydrogens is 396 g/mol. The van der Waals surface area contributed by atoms with E-state index in [-0.39, 0.29) is 23.8 Å². The summed E-state index contributed by atoms with van der Waals surface area (Å²) < 4.78 is 10.4. The van der Waals surface area contributed by atoms with E-state index in [0.29, 0.717) is 24.3 Å². The minimum atomic E-state index is -0.692. The third-order valence-corrected chi connectivity index (χ3v) is 4.75. The van der Waals surface area contributed by atoms with Gasteiger partial charge >= 0.3 is 5.97 Å². The molecule has 160 valence electrons. The molecule has 0 aliphatic rings. The highest BCUT2D eigenvalue weighted by atomic mass is 16.5. The van der Waals surface area contributed by atoms with Crippen molar-refractivity contribution >= 4 is 23.5 Å². The van der Waals surface area contributed by atoms with Crippen LogP contribution in [0.5, 0.6) is 0 Å². The number of nitrogens with zero attached hydrogens (tertiary/aromatic N) is 1. The van der Waals surface area contributed by atoms with Crippen LogP contribution in [0.2, 0.25) is 0 Å². The van der Waals surface area contributed by atoms with Gasteiger partial charge in [0.15, 0.2) is 12.4 Å². The van der Waals surface area contributed by atoms with E-state index in [4.69, 9.17) is 9.15 Å². The highest BCUT2D eigenvalue weighted by Gasteiger charge is 2.20. The fraction of sp³-hybridized carbons (Fsp3) is 0.208. The fourth-order valence-electron chi connectivity index (χ4n) is 3.06. The Bertz CT molecular complexity index is 1050. The monoisotopic (exact) mass is 420 g/mol. The molecule has 0 unspecified atom stereocenters. The van der Waals surface area contributed by atoms with Crippen LogP contribution in [0.25, 0.3) is 0 Å². The zero-order valence-electron chi connectivity index (χ0n) is 17.5. The molecule has 3 rings (SSSR count). The quantitative estimate of drug-likeness (QED) is 0.556. The number of rotatable bonds is 8. The summed E-state index contributed by atoms with van der Waals surface area (Å²) in [5, 5.41) is 2.69. The van der Waals surface area contributed by atoms with Gasteiger partial charge in [-0.25, -0.2) is 4.79 Å². The SMILES string of the molecule is CCN(Cc1ccccc1)C(=O)COC(=O)c1cccc(C)c1NC(=O)c1ccco1. The molecule has 7 heteroatoms.